The molecule has 0 aromatic rings. The van der Waals surface area contributed by atoms with Crippen LogP contribution in [0.5, 0.6) is 0 Å². The van der Waals surface area contributed by atoms with E-state index in [1.807, 2.05) is 0 Å². The van der Waals surface area contributed by atoms with E-state index in [-0.39, 0.29) is 18.5 Å². The first-order valence-electron chi connectivity index (χ1n) is 26.4. The molecule has 0 bridgehead atoms. The number of amides is 1. The molecule has 0 aliphatic heterocycles. The van der Waals surface area contributed by atoms with E-state index in [2.05, 4.69) is 31.3 Å². The molecule has 59 heavy (non-hydrogen) atoms. The van der Waals surface area contributed by atoms with Crippen LogP contribution < -0.4 is 5.32 Å². The second kappa shape index (κ2) is 49.3. The van der Waals surface area contributed by atoms with E-state index < -0.39 is 12.1 Å². The maximum atomic E-state index is 12.5. The largest absolute Gasteiger partial charge is 0.466 e. The van der Waals surface area contributed by atoms with Gasteiger partial charge in [0.1, 0.15) is 0 Å². The quantitative estimate of drug-likeness (QED) is 0.0322. The first kappa shape index (κ1) is 57.6. The smallest absolute Gasteiger partial charge is 0.305 e. The number of carbonyl (C=O) groups excluding carboxylic acids is 2. The fourth-order valence-electron chi connectivity index (χ4n) is 8.22. The summed E-state index contributed by atoms with van der Waals surface area (Å²) < 4.78 is 5.45. The lowest BCUT2D eigenvalue weighted by Gasteiger charge is -2.22. The number of ether oxygens (including phenoxy) is 1. The second-order valence-electron chi connectivity index (χ2n) is 18.2. The first-order chi connectivity index (χ1) is 29.0. The van der Waals surface area contributed by atoms with Gasteiger partial charge in [-0.3, -0.25) is 9.59 Å². The number of aliphatic hydroxyl groups excluding tert-OH is 2. The van der Waals surface area contributed by atoms with Gasteiger partial charge in [0.25, 0.3) is 0 Å². The van der Waals surface area contributed by atoms with Crippen LogP contribution in [-0.4, -0.2) is 47.4 Å². The van der Waals surface area contributed by atoms with Gasteiger partial charge in [0, 0.05) is 12.8 Å². The summed E-state index contributed by atoms with van der Waals surface area (Å²) >= 11 is 0. The Bertz CT molecular complexity index is 878. The Hall–Kier alpha value is -1.40. The van der Waals surface area contributed by atoms with Crippen molar-refractivity contribution >= 4 is 11.9 Å². The zero-order chi connectivity index (χ0) is 43.0. The Morgan fingerprint density at radius 1 is 0.458 bits per heavy atom. The van der Waals surface area contributed by atoms with E-state index in [9.17, 15) is 19.8 Å². The SMILES string of the molecule is CCCCC/C=C\CCCCCCCC(=O)OCCCCCCCCCCCCCCCCC(=O)NC(CO)C(O)CCCCCCCCCCCCCCCCCC. The zero-order valence-corrected chi connectivity index (χ0v) is 39.7. The monoisotopic (exact) mass is 834 g/mol. The van der Waals surface area contributed by atoms with Crippen LogP contribution in [0.25, 0.3) is 0 Å². The van der Waals surface area contributed by atoms with Gasteiger partial charge in [-0.2, -0.15) is 0 Å². The topological polar surface area (TPSA) is 95.9 Å². The van der Waals surface area contributed by atoms with Crippen molar-refractivity contribution in [2.45, 2.75) is 302 Å². The zero-order valence-electron chi connectivity index (χ0n) is 39.7. The fourth-order valence-corrected chi connectivity index (χ4v) is 8.22. The number of hydrogen-bond acceptors (Lipinski definition) is 5. The number of aliphatic hydroxyl groups is 2. The lowest BCUT2D eigenvalue weighted by atomic mass is 10.0. The van der Waals surface area contributed by atoms with Gasteiger partial charge in [0.05, 0.1) is 25.4 Å². The van der Waals surface area contributed by atoms with Crippen LogP contribution in [0.1, 0.15) is 290 Å². The molecule has 2 atom stereocenters. The van der Waals surface area contributed by atoms with E-state index in [0.29, 0.717) is 25.9 Å². The maximum Gasteiger partial charge on any atom is 0.305 e. The lowest BCUT2D eigenvalue weighted by Crippen LogP contribution is -2.45. The molecule has 0 saturated heterocycles. The Labute approximate surface area is 368 Å². The minimum absolute atomic E-state index is 0.0119. The van der Waals surface area contributed by atoms with Gasteiger partial charge in [-0.1, -0.05) is 238 Å². The maximum absolute atomic E-state index is 12.5. The molecule has 0 aromatic carbocycles. The highest BCUT2D eigenvalue weighted by molar-refractivity contribution is 5.76. The Morgan fingerprint density at radius 3 is 1.24 bits per heavy atom. The number of hydrogen-bond donors (Lipinski definition) is 3. The van der Waals surface area contributed by atoms with Crippen molar-refractivity contribution in [3.8, 4) is 0 Å². The van der Waals surface area contributed by atoms with Crippen molar-refractivity contribution in [2.75, 3.05) is 13.2 Å². The molecule has 0 aromatic heterocycles. The van der Waals surface area contributed by atoms with E-state index in [1.54, 1.807) is 0 Å². The molecule has 0 aliphatic carbocycles. The van der Waals surface area contributed by atoms with Gasteiger partial charge < -0.3 is 20.3 Å². The standard InChI is InChI=1S/C53H103NO5/c1-3-5-7-9-11-13-15-17-18-19-22-25-29-33-37-41-45-51(56)50(49-55)54-52(57)46-42-38-34-30-26-23-20-21-24-28-32-36-40-44-48-59-53(58)47-43-39-35-31-27-16-14-12-10-8-6-4-2/h12,14,50-51,55-56H,3-11,13,15-49H2,1-2H3,(H,54,57)/b14-12-. The van der Waals surface area contributed by atoms with Crippen molar-refractivity contribution in [3.63, 3.8) is 0 Å². The molecule has 1 amide bonds. The van der Waals surface area contributed by atoms with Gasteiger partial charge >= 0.3 is 5.97 Å². The summed E-state index contributed by atoms with van der Waals surface area (Å²) in [6.07, 6.45) is 56.1. The van der Waals surface area contributed by atoms with Crippen LogP contribution in [-0.2, 0) is 14.3 Å². The third-order valence-corrected chi connectivity index (χ3v) is 12.3. The average Bonchev–Trinajstić information content (AvgIpc) is 3.24. The summed E-state index contributed by atoms with van der Waals surface area (Å²) in [7, 11) is 0. The molecule has 0 spiro atoms. The van der Waals surface area contributed by atoms with Crippen molar-refractivity contribution in [1.82, 2.24) is 5.32 Å². The number of esters is 1. The molecule has 0 saturated carbocycles. The van der Waals surface area contributed by atoms with Crippen LogP contribution in [0.3, 0.4) is 0 Å². The Morgan fingerprint density at radius 2 is 0.797 bits per heavy atom. The van der Waals surface area contributed by atoms with E-state index >= 15 is 0 Å². The van der Waals surface area contributed by atoms with Crippen molar-refractivity contribution < 1.29 is 24.5 Å². The van der Waals surface area contributed by atoms with Gasteiger partial charge in [-0.25, -0.2) is 0 Å². The summed E-state index contributed by atoms with van der Waals surface area (Å²) in [5, 5.41) is 23.2. The molecule has 6 heteroatoms. The molecule has 0 fully saturated rings. The second-order valence-corrected chi connectivity index (χ2v) is 18.2. The molecule has 2 unspecified atom stereocenters. The Kier molecular flexibility index (Phi) is 48.1. The normalized spacial score (nSPS) is 12.7. The average molecular weight is 834 g/mol. The molecule has 0 rings (SSSR count). The number of unbranched alkanes of at least 4 members (excludes halogenated alkanes) is 36. The summed E-state index contributed by atoms with van der Waals surface area (Å²) in [6, 6.07) is -0.548. The summed E-state index contributed by atoms with van der Waals surface area (Å²) in [6.45, 7) is 4.91. The molecule has 0 aliphatic rings. The first-order valence-corrected chi connectivity index (χ1v) is 26.4. The van der Waals surface area contributed by atoms with Crippen molar-refractivity contribution in [1.29, 1.82) is 0 Å². The predicted molar refractivity (Wildman–Crippen MR) is 255 cm³/mol. The third kappa shape index (κ3) is 45.9. The molecule has 3 N–H and O–H groups in total. The van der Waals surface area contributed by atoms with Crippen LogP contribution in [0.15, 0.2) is 12.2 Å². The van der Waals surface area contributed by atoms with Crippen LogP contribution in [0.4, 0.5) is 0 Å². The summed E-state index contributed by atoms with van der Waals surface area (Å²) in [5.74, 6) is -0.0560. The lowest BCUT2D eigenvalue weighted by molar-refractivity contribution is -0.143. The minimum atomic E-state index is -0.670. The molecular formula is C53H103NO5. The van der Waals surface area contributed by atoms with Crippen molar-refractivity contribution in [3.05, 3.63) is 12.2 Å². The number of allylic oxidation sites excluding steroid dienone is 2. The molecule has 0 radical (unpaired) electrons. The van der Waals surface area contributed by atoms with Gasteiger partial charge in [-0.05, 0) is 51.4 Å². The Balaban J connectivity index is 3.45. The van der Waals surface area contributed by atoms with Crippen molar-refractivity contribution in [2.24, 2.45) is 0 Å². The summed E-state index contributed by atoms with van der Waals surface area (Å²) in [5.41, 5.74) is 0. The van der Waals surface area contributed by atoms with Gasteiger partial charge in [0.15, 0.2) is 0 Å². The highest BCUT2D eigenvalue weighted by Gasteiger charge is 2.20. The summed E-state index contributed by atoms with van der Waals surface area (Å²) in [4.78, 5) is 24.4. The molecule has 350 valence electrons. The number of carbonyl (C=O) groups is 2. The number of nitrogens with one attached hydrogen (secondary N) is 1. The van der Waals surface area contributed by atoms with Crippen LogP contribution >= 0.6 is 0 Å². The predicted octanol–water partition coefficient (Wildman–Crippen LogP) is 15.7. The van der Waals surface area contributed by atoms with Crippen LogP contribution in [0, 0.1) is 0 Å². The molecule has 0 heterocycles. The third-order valence-electron chi connectivity index (χ3n) is 12.3. The van der Waals surface area contributed by atoms with Gasteiger partial charge in [0.2, 0.25) is 5.91 Å². The molecular weight excluding hydrogens is 731 g/mol. The number of rotatable bonds is 49. The van der Waals surface area contributed by atoms with Crippen LogP contribution in [0.2, 0.25) is 0 Å². The van der Waals surface area contributed by atoms with E-state index in [1.165, 1.54) is 205 Å². The fraction of sp³-hybridized carbons (Fsp3) is 0.925. The van der Waals surface area contributed by atoms with E-state index in [0.717, 1.165) is 51.4 Å². The molecule has 6 nitrogen and oxygen atoms in total. The highest BCUT2D eigenvalue weighted by atomic mass is 16.5. The van der Waals surface area contributed by atoms with E-state index in [4.69, 9.17) is 4.74 Å². The highest BCUT2D eigenvalue weighted by Crippen LogP contribution is 2.17. The van der Waals surface area contributed by atoms with Gasteiger partial charge in [-0.15, -0.1) is 0 Å². The minimum Gasteiger partial charge on any atom is -0.466 e.